The fourth-order valence-electron chi connectivity index (χ4n) is 1.43. The molecule has 1 amide bonds. The third-order valence-electron chi connectivity index (χ3n) is 2.24. The standard InChI is InChI=1S/C10H15N3O5S/c1-6(14)12-7-4-9(18-3)10(5-8(7)17-2)19(15,16)13-11/h4-5,13H,11H2,1-3H3,(H,12,14). The molecule has 0 heterocycles. The average Bonchev–Trinajstić information content (AvgIpc) is 2.37. The van der Waals surface area contributed by atoms with E-state index in [2.05, 4.69) is 5.32 Å². The van der Waals surface area contributed by atoms with E-state index in [1.165, 1.54) is 33.3 Å². The van der Waals surface area contributed by atoms with Crippen molar-refractivity contribution in [2.24, 2.45) is 5.84 Å². The van der Waals surface area contributed by atoms with Crippen LogP contribution in [0.25, 0.3) is 0 Å². The smallest absolute Gasteiger partial charge is 0.256 e. The van der Waals surface area contributed by atoms with Crippen LogP contribution >= 0.6 is 0 Å². The molecule has 106 valence electrons. The molecule has 8 nitrogen and oxygen atoms in total. The van der Waals surface area contributed by atoms with Crippen LogP contribution < -0.4 is 25.5 Å². The summed E-state index contributed by atoms with van der Waals surface area (Å²) in [5.41, 5.74) is 0.294. The van der Waals surface area contributed by atoms with E-state index in [0.717, 1.165) is 0 Å². The summed E-state index contributed by atoms with van der Waals surface area (Å²) in [6.07, 6.45) is 0. The summed E-state index contributed by atoms with van der Waals surface area (Å²) in [6.45, 7) is 1.32. The van der Waals surface area contributed by atoms with Crippen LogP contribution in [0.1, 0.15) is 6.92 Å². The number of carbonyl (C=O) groups is 1. The Morgan fingerprint density at radius 1 is 1.21 bits per heavy atom. The Bertz CT molecular complexity index is 585. The van der Waals surface area contributed by atoms with Gasteiger partial charge in [0.25, 0.3) is 10.0 Å². The molecule has 0 bridgehead atoms. The van der Waals surface area contributed by atoms with Gasteiger partial charge in [-0.25, -0.2) is 8.42 Å². The lowest BCUT2D eigenvalue weighted by molar-refractivity contribution is -0.114. The van der Waals surface area contributed by atoms with Gasteiger partial charge in [-0.15, -0.1) is 4.83 Å². The minimum atomic E-state index is -3.91. The molecule has 0 atom stereocenters. The van der Waals surface area contributed by atoms with Crippen LogP contribution in [0, 0.1) is 0 Å². The number of hydrogen-bond acceptors (Lipinski definition) is 6. The maximum Gasteiger partial charge on any atom is 0.256 e. The quantitative estimate of drug-likeness (QED) is 0.510. The molecule has 0 saturated carbocycles. The second-order valence-corrected chi connectivity index (χ2v) is 5.19. The number of ether oxygens (including phenoxy) is 2. The second-order valence-electron chi connectivity index (χ2n) is 3.51. The van der Waals surface area contributed by atoms with E-state index in [1.807, 2.05) is 0 Å². The zero-order valence-corrected chi connectivity index (χ0v) is 11.5. The normalized spacial score (nSPS) is 10.9. The van der Waals surface area contributed by atoms with E-state index in [4.69, 9.17) is 15.3 Å². The first-order valence-corrected chi connectivity index (χ1v) is 6.60. The van der Waals surface area contributed by atoms with Gasteiger partial charge in [-0.05, 0) is 0 Å². The van der Waals surface area contributed by atoms with Gasteiger partial charge in [0, 0.05) is 19.1 Å². The summed E-state index contributed by atoms with van der Waals surface area (Å²) >= 11 is 0. The lowest BCUT2D eigenvalue weighted by atomic mass is 10.2. The number of nitrogens with two attached hydrogens (primary N) is 1. The fraction of sp³-hybridized carbons (Fsp3) is 0.300. The van der Waals surface area contributed by atoms with E-state index in [-0.39, 0.29) is 22.3 Å². The highest BCUT2D eigenvalue weighted by atomic mass is 32.2. The number of nitrogens with one attached hydrogen (secondary N) is 2. The first kappa shape index (κ1) is 15.2. The Morgan fingerprint density at radius 3 is 2.21 bits per heavy atom. The number of rotatable bonds is 5. The molecule has 1 aromatic rings. The lowest BCUT2D eigenvalue weighted by Crippen LogP contribution is -2.30. The molecule has 0 radical (unpaired) electrons. The van der Waals surface area contributed by atoms with Crippen LogP contribution in [-0.4, -0.2) is 28.5 Å². The highest BCUT2D eigenvalue weighted by Crippen LogP contribution is 2.35. The number of sulfonamides is 1. The molecule has 0 saturated heterocycles. The van der Waals surface area contributed by atoms with Gasteiger partial charge in [-0.1, -0.05) is 0 Å². The van der Waals surface area contributed by atoms with Crippen molar-refractivity contribution >= 4 is 21.6 Å². The summed E-state index contributed by atoms with van der Waals surface area (Å²) in [5, 5.41) is 2.51. The fourth-order valence-corrected chi connectivity index (χ4v) is 2.23. The lowest BCUT2D eigenvalue weighted by Gasteiger charge is -2.14. The van der Waals surface area contributed by atoms with Gasteiger partial charge < -0.3 is 14.8 Å². The zero-order chi connectivity index (χ0) is 14.6. The topological polar surface area (TPSA) is 120 Å². The number of methoxy groups -OCH3 is 2. The van der Waals surface area contributed by atoms with Crippen molar-refractivity contribution in [3.05, 3.63) is 12.1 Å². The SMILES string of the molecule is COc1cc(S(=O)(=O)NN)c(OC)cc1NC(C)=O. The summed E-state index contributed by atoms with van der Waals surface area (Å²) < 4.78 is 33.4. The Kier molecular flexibility index (Phi) is 4.70. The van der Waals surface area contributed by atoms with Crippen molar-refractivity contribution in [3.63, 3.8) is 0 Å². The highest BCUT2D eigenvalue weighted by molar-refractivity contribution is 7.89. The Balaban J connectivity index is 3.48. The molecule has 1 rings (SSSR count). The van der Waals surface area contributed by atoms with E-state index in [1.54, 1.807) is 4.83 Å². The molecule has 0 aliphatic heterocycles. The average molecular weight is 289 g/mol. The molecule has 9 heteroatoms. The number of amides is 1. The zero-order valence-electron chi connectivity index (χ0n) is 10.7. The Morgan fingerprint density at radius 2 is 1.79 bits per heavy atom. The molecule has 0 aromatic heterocycles. The third-order valence-corrected chi connectivity index (χ3v) is 3.45. The minimum Gasteiger partial charge on any atom is -0.495 e. The van der Waals surface area contributed by atoms with Crippen LogP contribution in [-0.2, 0) is 14.8 Å². The van der Waals surface area contributed by atoms with Gasteiger partial charge in [0.05, 0.1) is 19.9 Å². The molecular formula is C10H15N3O5S. The molecule has 1 aromatic carbocycles. The third kappa shape index (κ3) is 3.34. The van der Waals surface area contributed by atoms with E-state index >= 15 is 0 Å². The summed E-state index contributed by atoms with van der Waals surface area (Å²) in [4.78, 5) is 12.6. The van der Waals surface area contributed by atoms with Gasteiger partial charge in [-0.2, -0.15) is 0 Å². The Labute approximate surface area is 110 Å². The van der Waals surface area contributed by atoms with Crippen LogP contribution in [0.3, 0.4) is 0 Å². The van der Waals surface area contributed by atoms with Crippen molar-refractivity contribution in [3.8, 4) is 11.5 Å². The molecule has 0 unspecified atom stereocenters. The van der Waals surface area contributed by atoms with Crippen LogP contribution in [0.2, 0.25) is 0 Å². The molecule has 0 fully saturated rings. The monoisotopic (exact) mass is 289 g/mol. The molecular weight excluding hydrogens is 274 g/mol. The molecule has 19 heavy (non-hydrogen) atoms. The molecule has 4 N–H and O–H groups in total. The number of anilines is 1. The van der Waals surface area contributed by atoms with Crippen LogP contribution in [0.5, 0.6) is 11.5 Å². The molecule has 0 spiro atoms. The van der Waals surface area contributed by atoms with Crippen molar-refractivity contribution in [2.45, 2.75) is 11.8 Å². The maximum atomic E-state index is 11.7. The first-order chi connectivity index (χ1) is 8.85. The van der Waals surface area contributed by atoms with Gasteiger partial charge in [0.1, 0.15) is 16.4 Å². The van der Waals surface area contributed by atoms with Crippen molar-refractivity contribution in [1.29, 1.82) is 0 Å². The van der Waals surface area contributed by atoms with E-state index < -0.39 is 10.0 Å². The predicted octanol–water partition coefficient (Wildman–Crippen LogP) is -0.186. The number of benzene rings is 1. The largest absolute Gasteiger partial charge is 0.495 e. The van der Waals surface area contributed by atoms with Gasteiger partial charge >= 0.3 is 0 Å². The summed E-state index contributed by atoms with van der Waals surface area (Å²) in [5.74, 6) is 4.84. The second kappa shape index (κ2) is 5.87. The number of hydrazine groups is 1. The van der Waals surface area contributed by atoms with Gasteiger partial charge in [0.2, 0.25) is 5.91 Å². The summed E-state index contributed by atoms with van der Waals surface area (Å²) in [7, 11) is -1.26. The summed E-state index contributed by atoms with van der Waals surface area (Å²) in [6, 6.07) is 2.55. The van der Waals surface area contributed by atoms with Gasteiger partial charge in [0.15, 0.2) is 0 Å². The van der Waals surface area contributed by atoms with Crippen LogP contribution in [0.15, 0.2) is 17.0 Å². The van der Waals surface area contributed by atoms with Crippen molar-refractivity contribution < 1.29 is 22.7 Å². The predicted molar refractivity (Wildman–Crippen MR) is 68.4 cm³/mol. The first-order valence-electron chi connectivity index (χ1n) is 5.11. The Hall–Kier alpha value is -1.84. The minimum absolute atomic E-state index is 0.0301. The van der Waals surface area contributed by atoms with Crippen molar-refractivity contribution in [1.82, 2.24) is 4.83 Å². The van der Waals surface area contributed by atoms with Crippen LogP contribution in [0.4, 0.5) is 5.69 Å². The molecule has 0 aliphatic rings. The maximum absolute atomic E-state index is 11.7. The van der Waals surface area contributed by atoms with Gasteiger partial charge in [-0.3, -0.25) is 10.6 Å². The van der Waals surface area contributed by atoms with E-state index in [9.17, 15) is 13.2 Å². The highest BCUT2D eigenvalue weighted by Gasteiger charge is 2.21. The van der Waals surface area contributed by atoms with Crippen molar-refractivity contribution in [2.75, 3.05) is 19.5 Å². The molecule has 0 aliphatic carbocycles. The number of hydrogen-bond donors (Lipinski definition) is 3. The van der Waals surface area contributed by atoms with E-state index in [0.29, 0.717) is 5.69 Å². The number of carbonyl (C=O) groups excluding carboxylic acids is 1.